The minimum atomic E-state index is -0.606. The maximum absolute atomic E-state index is 9.85. The van der Waals surface area contributed by atoms with Crippen molar-refractivity contribution in [2.75, 3.05) is 52.9 Å². The number of aliphatic hydroxyl groups is 2. The molecule has 2 aromatic carbocycles. The lowest BCUT2D eigenvalue weighted by Gasteiger charge is -2.17. The summed E-state index contributed by atoms with van der Waals surface area (Å²) in [6, 6.07) is 10.7. The molecule has 3 rings (SSSR count). The zero-order valence-corrected chi connectivity index (χ0v) is 18.6. The van der Waals surface area contributed by atoms with Gasteiger partial charge < -0.3 is 38.6 Å². The molecule has 2 N–H and O–H groups in total. The Labute approximate surface area is 188 Å². The monoisotopic (exact) mass is 448 g/mol. The molecule has 1 heterocycles. The second-order valence-corrected chi connectivity index (χ2v) is 7.38. The fourth-order valence-corrected chi connectivity index (χ4v) is 3.08. The van der Waals surface area contributed by atoms with Crippen molar-refractivity contribution in [2.24, 2.45) is 0 Å². The van der Waals surface area contributed by atoms with Gasteiger partial charge in [0.25, 0.3) is 0 Å². The number of fused-ring (bicyclic) bond motifs is 2. The Bertz CT molecular complexity index is 769. The summed E-state index contributed by atoms with van der Waals surface area (Å²) in [5, 5.41) is 19.7. The van der Waals surface area contributed by atoms with E-state index in [1.807, 2.05) is 12.1 Å². The van der Waals surface area contributed by atoms with Crippen LogP contribution in [0.5, 0.6) is 23.0 Å². The number of hydrogen-bond donors (Lipinski definition) is 2. The standard InChI is InChI=1S/C24H32O8/c1-17(25)19-3-5-21-23(15-19)31-13-9-28-10-14-32-24-16-20(18(2)26)4-6-22(24)30-12-8-27-7-11-29-21/h3-6,15-18,25-26H,7-14H2,1-2H3/t17-,18-/m1/s1. The van der Waals surface area contributed by atoms with Crippen LogP contribution in [0.15, 0.2) is 36.4 Å². The zero-order valence-electron chi connectivity index (χ0n) is 18.6. The molecule has 176 valence electrons. The largest absolute Gasteiger partial charge is 0.487 e. The normalized spacial score (nSPS) is 18.1. The van der Waals surface area contributed by atoms with E-state index in [-0.39, 0.29) is 0 Å². The van der Waals surface area contributed by atoms with Gasteiger partial charge in [0.05, 0.1) is 38.6 Å². The van der Waals surface area contributed by atoms with Gasteiger partial charge in [-0.05, 0) is 49.2 Å². The molecule has 32 heavy (non-hydrogen) atoms. The van der Waals surface area contributed by atoms with Crippen LogP contribution in [0, 0.1) is 0 Å². The molecule has 0 unspecified atom stereocenters. The van der Waals surface area contributed by atoms with Gasteiger partial charge in [0, 0.05) is 0 Å². The zero-order chi connectivity index (χ0) is 22.8. The van der Waals surface area contributed by atoms with E-state index in [2.05, 4.69) is 0 Å². The average molecular weight is 449 g/mol. The highest BCUT2D eigenvalue weighted by Crippen LogP contribution is 2.32. The van der Waals surface area contributed by atoms with Gasteiger partial charge >= 0.3 is 0 Å². The second-order valence-electron chi connectivity index (χ2n) is 7.38. The fourth-order valence-electron chi connectivity index (χ4n) is 3.08. The van der Waals surface area contributed by atoms with Crippen LogP contribution in [0.4, 0.5) is 0 Å². The Morgan fingerprint density at radius 2 is 0.875 bits per heavy atom. The Kier molecular flexibility index (Phi) is 9.43. The third-order valence-corrected chi connectivity index (χ3v) is 4.84. The molecule has 1 aliphatic heterocycles. The molecule has 0 fully saturated rings. The molecule has 8 heteroatoms. The van der Waals surface area contributed by atoms with Crippen LogP contribution < -0.4 is 18.9 Å². The van der Waals surface area contributed by atoms with E-state index in [9.17, 15) is 10.2 Å². The van der Waals surface area contributed by atoms with Crippen molar-refractivity contribution in [1.82, 2.24) is 0 Å². The number of ether oxygens (including phenoxy) is 6. The van der Waals surface area contributed by atoms with Crippen LogP contribution in [-0.4, -0.2) is 63.1 Å². The minimum absolute atomic E-state index is 0.321. The predicted octanol–water partition coefficient (Wildman–Crippen LogP) is 3.06. The minimum Gasteiger partial charge on any atom is -0.487 e. The van der Waals surface area contributed by atoms with Crippen LogP contribution >= 0.6 is 0 Å². The molecule has 2 atom stereocenters. The Balaban J connectivity index is 1.63. The van der Waals surface area contributed by atoms with Crippen LogP contribution in [0.1, 0.15) is 37.2 Å². The van der Waals surface area contributed by atoms with Crippen LogP contribution in [0.3, 0.4) is 0 Å². The molecule has 0 saturated heterocycles. The maximum Gasteiger partial charge on any atom is 0.161 e. The van der Waals surface area contributed by atoms with Gasteiger partial charge in [-0.25, -0.2) is 0 Å². The number of aliphatic hydroxyl groups excluding tert-OH is 2. The topological polar surface area (TPSA) is 95.8 Å². The molecule has 0 aliphatic carbocycles. The summed E-state index contributed by atoms with van der Waals surface area (Å²) in [5.74, 6) is 2.27. The molecule has 2 aromatic rings. The Morgan fingerprint density at radius 3 is 1.22 bits per heavy atom. The maximum atomic E-state index is 9.85. The van der Waals surface area contributed by atoms with Gasteiger partial charge in [0.1, 0.15) is 26.4 Å². The van der Waals surface area contributed by atoms with Crippen molar-refractivity contribution >= 4 is 0 Å². The van der Waals surface area contributed by atoms with Gasteiger partial charge in [0.15, 0.2) is 23.0 Å². The van der Waals surface area contributed by atoms with Gasteiger partial charge in [-0.15, -0.1) is 0 Å². The van der Waals surface area contributed by atoms with E-state index in [0.717, 1.165) is 11.1 Å². The average Bonchev–Trinajstić information content (AvgIpc) is 2.78. The van der Waals surface area contributed by atoms with Crippen LogP contribution in [0.2, 0.25) is 0 Å². The molecule has 0 radical (unpaired) electrons. The van der Waals surface area contributed by atoms with E-state index in [4.69, 9.17) is 28.4 Å². The lowest BCUT2D eigenvalue weighted by atomic mass is 10.1. The lowest BCUT2D eigenvalue weighted by molar-refractivity contribution is 0.0638. The smallest absolute Gasteiger partial charge is 0.161 e. The number of benzene rings is 2. The molecular weight excluding hydrogens is 416 g/mol. The summed E-state index contributed by atoms with van der Waals surface area (Å²) in [4.78, 5) is 0. The van der Waals surface area contributed by atoms with Crippen molar-refractivity contribution in [3.8, 4) is 23.0 Å². The van der Waals surface area contributed by atoms with Crippen LogP contribution in [-0.2, 0) is 9.47 Å². The molecule has 0 spiro atoms. The van der Waals surface area contributed by atoms with E-state index in [0.29, 0.717) is 75.9 Å². The molecule has 1 aliphatic rings. The summed E-state index contributed by atoms with van der Waals surface area (Å²) in [6.07, 6.45) is -1.21. The Hall–Kier alpha value is -2.52. The first-order chi connectivity index (χ1) is 15.5. The van der Waals surface area contributed by atoms with E-state index in [1.165, 1.54) is 0 Å². The van der Waals surface area contributed by atoms with Crippen LogP contribution in [0.25, 0.3) is 0 Å². The fraction of sp³-hybridized carbons (Fsp3) is 0.500. The highest BCUT2D eigenvalue weighted by Gasteiger charge is 2.12. The van der Waals surface area contributed by atoms with E-state index >= 15 is 0 Å². The van der Waals surface area contributed by atoms with Crippen molar-refractivity contribution in [3.05, 3.63) is 47.5 Å². The first-order valence-corrected chi connectivity index (χ1v) is 10.9. The molecule has 0 bridgehead atoms. The van der Waals surface area contributed by atoms with Crippen molar-refractivity contribution in [2.45, 2.75) is 26.1 Å². The Morgan fingerprint density at radius 1 is 0.531 bits per heavy atom. The first-order valence-electron chi connectivity index (χ1n) is 10.9. The summed E-state index contributed by atoms with van der Waals surface area (Å²) >= 11 is 0. The molecule has 0 amide bonds. The van der Waals surface area contributed by atoms with Gasteiger partial charge in [-0.2, -0.15) is 0 Å². The third kappa shape index (κ3) is 7.27. The van der Waals surface area contributed by atoms with Crippen molar-refractivity contribution in [1.29, 1.82) is 0 Å². The SMILES string of the molecule is C[C@@H](O)c1ccc2c(c1)OCCOCCOc1cc([C@@H](C)O)ccc1OCCOCCO2. The highest BCUT2D eigenvalue weighted by molar-refractivity contribution is 5.44. The van der Waals surface area contributed by atoms with Gasteiger partial charge in [-0.1, -0.05) is 12.1 Å². The molecule has 0 aromatic heterocycles. The van der Waals surface area contributed by atoms with Gasteiger partial charge in [-0.3, -0.25) is 0 Å². The summed E-state index contributed by atoms with van der Waals surface area (Å²) in [5.41, 5.74) is 1.49. The third-order valence-electron chi connectivity index (χ3n) is 4.84. The highest BCUT2D eigenvalue weighted by atomic mass is 16.6. The summed E-state index contributed by atoms with van der Waals surface area (Å²) in [6.45, 7) is 6.23. The van der Waals surface area contributed by atoms with Crippen molar-refractivity contribution < 1.29 is 38.6 Å². The number of hydrogen-bond acceptors (Lipinski definition) is 8. The van der Waals surface area contributed by atoms with Gasteiger partial charge in [0.2, 0.25) is 0 Å². The summed E-state index contributed by atoms with van der Waals surface area (Å²) < 4.78 is 34.5. The quantitative estimate of drug-likeness (QED) is 0.724. The predicted molar refractivity (Wildman–Crippen MR) is 118 cm³/mol. The molecule has 8 nitrogen and oxygen atoms in total. The lowest BCUT2D eigenvalue weighted by Crippen LogP contribution is -2.15. The second kappa shape index (κ2) is 12.5. The number of rotatable bonds is 2. The van der Waals surface area contributed by atoms with E-state index in [1.54, 1.807) is 38.1 Å². The first kappa shape index (κ1) is 24.1. The van der Waals surface area contributed by atoms with Crippen molar-refractivity contribution in [3.63, 3.8) is 0 Å². The van der Waals surface area contributed by atoms with E-state index < -0.39 is 12.2 Å². The molecular formula is C24H32O8. The molecule has 0 saturated carbocycles. The summed E-state index contributed by atoms with van der Waals surface area (Å²) in [7, 11) is 0.